The highest BCUT2D eigenvalue weighted by Gasteiger charge is 2.49. The molecule has 126 valence electrons. The van der Waals surface area contributed by atoms with Crippen LogP contribution in [0.15, 0.2) is 24.3 Å². The number of hydrogen-bond donors (Lipinski definition) is 2. The third-order valence-corrected chi connectivity index (χ3v) is 5.19. The largest absolute Gasteiger partial charge is 0.489 e. The van der Waals surface area contributed by atoms with Crippen molar-refractivity contribution in [3.63, 3.8) is 0 Å². The van der Waals surface area contributed by atoms with Crippen LogP contribution >= 0.6 is 0 Å². The van der Waals surface area contributed by atoms with Gasteiger partial charge in [0.1, 0.15) is 17.7 Å². The summed E-state index contributed by atoms with van der Waals surface area (Å²) in [6, 6.07) is 5.95. The predicted octanol–water partition coefficient (Wildman–Crippen LogP) is 2.49. The number of halogens is 1. The van der Waals surface area contributed by atoms with Crippen molar-refractivity contribution >= 4 is 5.91 Å². The minimum atomic E-state index is -0.283. The van der Waals surface area contributed by atoms with E-state index in [2.05, 4.69) is 10.6 Å². The molecule has 2 N–H and O–H groups in total. The van der Waals surface area contributed by atoms with E-state index in [0.29, 0.717) is 18.2 Å². The van der Waals surface area contributed by atoms with Crippen LogP contribution in [0.2, 0.25) is 0 Å². The van der Waals surface area contributed by atoms with Gasteiger partial charge in [-0.3, -0.25) is 4.79 Å². The number of carbonyl (C=O) groups is 1. The fraction of sp³-hybridized carbons (Fsp3) is 0.611. The van der Waals surface area contributed by atoms with Crippen LogP contribution in [0.25, 0.3) is 0 Å². The van der Waals surface area contributed by atoms with Gasteiger partial charge in [-0.2, -0.15) is 0 Å². The van der Waals surface area contributed by atoms with Gasteiger partial charge in [-0.15, -0.1) is 0 Å². The summed E-state index contributed by atoms with van der Waals surface area (Å²) in [5.74, 6) is 0.949. The lowest BCUT2D eigenvalue weighted by Gasteiger charge is -2.37. The summed E-state index contributed by atoms with van der Waals surface area (Å²) in [6.45, 7) is 4.11. The van der Waals surface area contributed by atoms with Gasteiger partial charge in [-0.05, 0) is 56.5 Å². The second-order valence-corrected chi connectivity index (χ2v) is 6.82. The van der Waals surface area contributed by atoms with Gasteiger partial charge in [0.15, 0.2) is 0 Å². The molecule has 2 fully saturated rings. The highest BCUT2D eigenvalue weighted by Crippen LogP contribution is 2.43. The van der Waals surface area contributed by atoms with Crippen molar-refractivity contribution in [1.29, 1.82) is 0 Å². The lowest BCUT2D eigenvalue weighted by atomic mass is 9.67. The Hall–Kier alpha value is -1.62. The molecule has 0 radical (unpaired) electrons. The Morgan fingerprint density at radius 3 is 3.00 bits per heavy atom. The predicted molar refractivity (Wildman–Crippen MR) is 86.8 cm³/mol. The molecule has 1 unspecified atom stereocenters. The smallest absolute Gasteiger partial charge is 0.227 e. The molecule has 1 heterocycles. The van der Waals surface area contributed by atoms with Gasteiger partial charge in [0.25, 0.3) is 0 Å². The zero-order valence-corrected chi connectivity index (χ0v) is 13.6. The molecule has 1 aliphatic heterocycles. The fourth-order valence-corrected chi connectivity index (χ4v) is 3.89. The maximum atomic E-state index is 12.9. The van der Waals surface area contributed by atoms with E-state index in [4.69, 9.17) is 4.74 Å². The Kier molecular flexibility index (Phi) is 4.85. The molecule has 0 aromatic heterocycles. The second kappa shape index (κ2) is 6.87. The van der Waals surface area contributed by atoms with E-state index in [-0.39, 0.29) is 23.2 Å². The van der Waals surface area contributed by atoms with Crippen LogP contribution in [0.4, 0.5) is 4.39 Å². The lowest BCUT2D eigenvalue weighted by molar-refractivity contribution is -0.134. The third-order valence-electron chi connectivity index (χ3n) is 5.19. The zero-order valence-electron chi connectivity index (χ0n) is 13.6. The molecule has 1 aromatic rings. The summed E-state index contributed by atoms with van der Waals surface area (Å²) in [5, 5.41) is 6.46. The van der Waals surface area contributed by atoms with Crippen molar-refractivity contribution in [2.24, 2.45) is 11.3 Å². The van der Waals surface area contributed by atoms with Gasteiger partial charge in [0.2, 0.25) is 5.91 Å². The van der Waals surface area contributed by atoms with E-state index in [1.807, 2.05) is 6.92 Å². The number of hydrogen-bond acceptors (Lipinski definition) is 3. The molecule has 3 atom stereocenters. The minimum Gasteiger partial charge on any atom is -0.489 e. The molecule has 1 amide bonds. The number of ether oxygens (including phenoxy) is 1. The number of rotatable bonds is 5. The van der Waals surface area contributed by atoms with Crippen LogP contribution in [0.1, 0.15) is 32.6 Å². The first-order valence-electron chi connectivity index (χ1n) is 8.51. The molecule has 5 heteroatoms. The highest BCUT2D eigenvalue weighted by atomic mass is 19.1. The molecule has 1 saturated heterocycles. The van der Waals surface area contributed by atoms with Gasteiger partial charge >= 0.3 is 0 Å². The van der Waals surface area contributed by atoms with E-state index in [1.165, 1.54) is 18.6 Å². The third kappa shape index (κ3) is 3.50. The molecule has 2 aliphatic rings. The Balaban J connectivity index is 1.53. The van der Waals surface area contributed by atoms with E-state index in [0.717, 1.165) is 32.4 Å². The molecule has 0 spiro atoms. The number of nitrogens with one attached hydrogen (secondary N) is 2. The maximum Gasteiger partial charge on any atom is 0.227 e. The first-order chi connectivity index (χ1) is 11.1. The molecular formula is C18H25FN2O2. The van der Waals surface area contributed by atoms with Gasteiger partial charge in [0.05, 0.1) is 12.0 Å². The number of carbonyl (C=O) groups excluding carboxylic acids is 1. The Morgan fingerprint density at radius 1 is 1.43 bits per heavy atom. The number of fused-ring (bicyclic) bond motifs is 1. The molecular weight excluding hydrogens is 295 g/mol. The first kappa shape index (κ1) is 16.2. The van der Waals surface area contributed by atoms with Crippen LogP contribution in [0.5, 0.6) is 5.75 Å². The molecule has 1 aromatic carbocycles. The second-order valence-electron chi connectivity index (χ2n) is 6.82. The van der Waals surface area contributed by atoms with Crippen LogP contribution in [0, 0.1) is 17.2 Å². The molecule has 3 rings (SSSR count). The zero-order chi connectivity index (χ0) is 16.3. The van der Waals surface area contributed by atoms with Gasteiger partial charge in [0, 0.05) is 6.54 Å². The highest BCUT2D eigenvalue weighted by molar-refractivity contribution is 5.83. The summed E-state index contributed by atoms with van der Waals surface area (Å²) in [7, 11) is 0. The topological polar surface area (TPSA) is 50.4 Å². The molecule has 0 bridgehead atoms. The van der Waals surface area contributed by atoms with Gasteiger partial charge < -0.3 is 15.4 Å². The van der Waals surface area contributed by atoms with E-state index >= 15 is 0 Å². The van der Waals surface area contributed by atoms with E-state index < -0.39 is 0 Å². The Bertz CT molecular complexity index is 548. The van der Waals surface area contributed by atoms with Crippen molar-refractivity contribution in [2.45, 2.75) is 38.7 Å². The molecule has 4 nitrogen and oxygen atoms in total. The number of benzene rings is 1. The summed E-state index contributed by atoms with van der Waals surface area (Å²) >= 11 is 0. The molecule has 1 saturated carbocycles. The van der Waals surface area contributed by atoms with Crippen LogP contribution < -0.4 is 15.4 Å². The molecule has 23 heavy (non-hydrogen) atoms. The quantitative estimate of drug-likeness (QED) is 0.876. The summed E-state index contributed by atoms with van der Waals surface area (Å²) in [6.07, 6.45) is 4.32. The SMILES string of the molecule is CC(CNC(=O)[C@@]12CCCC[C@H]1CNC2)Oc1ccc(F)cc1. The normalized spacial score (nSPS) is 28.0. The minimum absolute atomic E-state index is 0.154. The number of amides is 1. The van der Waals surface area contributed by atoms with Crippen molar-refractivity contribution in [2.75, 3.05) is 19.6 Å². The monoisotopic (exact) mass is 320 g/mol. The van der Waals surface area contributed by atoms with Crippen molar-refractivity contribution in [3.05, 3.63) is 30.1 Å². The summed E-state index contributed by atoms with van der Waals surface area (Å²) < 4.78 is 18.6. The van der Waals surface area contributed by atoms with Crippen LogP contribution in [-0.2, 0) is 4.79 Å². The van der Waals surface area contributed by atoms with Gasteiger partial charge in [-0.25, -0.2) is 4.39 Å². The summed E-state index contributed by atoms with van der Waals surface area (Å²) in [5.41, 5.74) is -0.228. The van der Waals surface area contributed by atoms with E-state index in [1.54, 1.807) is 12.1 Å². The van der Waals surface area contributed by atoms with Crippen molar-refractivity contribution in [1.82, 2.24) is 10.6 Å². The van der Waals surface area contributed by atoms with Crippen molar-refractivity contribution < 1.29 is 13.9 Å². The summed E-state index contributed by atoms with van der Waals surface area (Å²) in [4.78, 5) is 12.7. The van der Waals surface area contributed by atoms with Crippen LogP contribution in [0.3, 0.4) is 0 Å². The average Bonchev–Trinajstić information content (AvgIpc) is 3.00. The lowest BCUT2D eigenvalue weighted by Crippen LogP contribution is -2.49. The average molecular weight is 320 g/mol. The van der Waals surface area contributed by atoms with E-state index in [9.17, 15) is 9.18 Å². The van der Waals surface area contributed by atoms with Crippen molar-refractivity contribution in [3.8, 4) is 5.75 Å². The fourth-order valence-electron chi connectivity index (χ4n) is 3.89. The van der Waals surface area contributed by atoms with Crippen LogP contribution in [-0.4, -0.2) is 31.6 Å². The maximum absolute atomic E-state index is 12.9. The molecule has 1 aliphatic carbocycles. The first-order valence-corrected chi connectivity index (χ1v) is 8.51. The van der Waals surface area contributed by atoms with Gasteiger partial charge in [-0.1, -0.05) is 12.8 Å². The standard InChI is InChI=1S/C18H25FN2O2/c1-13(23-16-7-5-15(19)6-8-16)10-21-17(22)18-9-3-2-4-14(18)11-20-12-18/h5-8,13-14,20H,2-4,9-12H2,1H3,(H,21,22)/t13?,14-,18+/m0/s1. The Morgan fingerprint density at radius 2 is 2.22 bits per heavy atom. The Labute approximate surface area is 136 Å².